The SMILES string of the molecule is COC(=O)c1cn(Cc2ccccc2)c2c(C(F)(F)F)cccc12. The second-order valence-electron chi connectivity index (χ2n) is 5.35. The first-order valence-corrected chi connectivity index (χ1v) is 7.23. The zero-order valence-corrected chi connectivity index (χ0v) is 12.8. The highest BCUT2D eigenvalue weighted by molar-refractivity contribution is 6.05. The molecule has 3 aromatic rings. The minimum absolute atomic E-state index is 0.0192. The van der Waals surface area contributed by atoms with Crippen molar-refractivity contribution >= 4 is 16.9 Å². The van der Waals surface area contributed by atoms with Crippen LogP contribution in [0.15, 0.2) is 54.7 Å². The molecule has 1 aromatic heterocycles. The van der Waals surface area contributed by atoms with Crippen LogP contribution in [0.3, 0.4) is 0 Å². The summed E-state index contributed by atoms with van der Waals surface area (Å²) in [5.41, 5.74) is 0.165. The number of carbonyl (C=O) groups excluding carboxylic acids is 1. The number of hydrogen-bond acceptors (Lipinski definition) is 2. The van der Waals surface area contributed by atoms with Crippen molar-refractivity contribution in [1.82, 2.24) is 4.57 Å². The molecule has 0 atom stereocenters. The van der Waals surface area contributed by atoms with Gasteiger partial charge in [0.1, 0.15) is 0 Å². The molecule has 124 valence electrons. The minimum Gasteiger partial charge on any atom is -0.465 e. The summed E-state index contributed by atoms with van der Waals surface area (Å²) in [4.78, 5) is 11.9. The van der Waals surface area contributed by atoms with Gasteiger partial charge in [-0.15, -0.1) is 0 Å². The van der Waals surface area contributed by atoms with Crippen LogP contribution in [0.1, 0.15) is 21.5 Å². The Kier molecular flexibility index (Phi) is 4.05. The Morgan fingerprint density at radius 2 is 1.79 bits per heavy atom. The van der Waals surface area contributed by atoms with E-state index in [1.54, 1.807) is 0 Å². The predicted octanol–water partition coefficient (Wildman–Crippen LogP) is 4.50. The third-order valence-corrected chi connectivity index (χ3v) is 3.80. The van der Waals surface area contributed by atoms with Gasteiger partial charge < -0.3 is 9.30 Å². The van der Waals surface area contributed by atoms with E-state index in [9.17, 15) is 18.0 Å². The summed E-state index contributed by atoms with van der Waals surface area (Å²) >= 11 is 0. The van der Waals surface area contributed by atoms with Crippen molar-refractivity contribution < 1.29 is 22.7 Å². The van der Waals surface area contributed by atoms with Crippen molar-refractivity contribution in [2.45, 2.75) is 12.7 Å². The number of benzene rings is 2. The maximum absolute atomic E-state index is 13.4. The van der Waals surface area contributed by atoms with Crippen LogP contribution >= 0.6 is 0 Å². The molecular weight excluding hydrogens is 319 g/mol. The van der Waals surface area contributed by atoms with Crippen molar-refractivity contribution in [2.75, 3.05) is 7.11 Å². The van der Waals surface area contributed by atoms with Gasteiger partial charge in [-0.05, 0) is 11.6 Å². The van der Waals surface area contributed by atoms with Crippen molar-refractivity contribution in [3.8, 4) is 0 Å². The van der Waals surface area contributed by atoms with E-state index in [0.29, 0.717) is 0 Å². The fraction of sp³-hybridized carbons (Fsp3) is 0.167. The largest absolute Gasteiger partial charge is 0.465 e. The number of rotatable bonds is 3. The Balaban J connectivity index is 2.25. The number of esters is 1. The zero-order valence-electron chi connectivity index (χ0n) is 12.8. The highest BCUT2D eigenvalue weighted by atomic mass is 19.4. The van der Waals surface area contributed by atoms with Crippen molar-refractivity contribution in [2.24, 2.45) is 0 Å². The monoisotopic (exact) mass is 333 g/mol. The molecule has 1 heterocycles. The normalized spacial score (nSPS) is 11.7. The first-order chi connectivity index (χ1) is 11.4. The molecule has 2 aromatic carbocycles. The summed E-state index contributed by atoms with van der Waals surface area (Å²) in [5.74, 6) is -0.661. The minimum atomic E-state index is -4.51. The topological polar surface area (TPSA) is 31.2 Å². The molecule has 0 saturated carbocycles. The summed E-state index contributed by atoms with van der Waals surface area (Å²) in [6.07, 6.45) is -3.10. The lowest BCUT2D eigenvalue weighted by molar-refractivity contribution is -0.136. The molecule has 3 rings (SSSR count). The Labute approximate surface area is 136 Å². The van der Waals surface area contributed by atoms with E-state index >= 15 is 0 Å². The maximum Gasteiger partial charge on any atom is 0.418 e. The number of aromatic nitrogens is 1. The van der Waals surface area contributed by atoms with Crippen LogP contribution in [0.4, 0.5) is 13.2 Å². The number of para-hydroxylation sites is 1. The van der Waals surface area contributed by atoms with Crippen LogP contribution in [-0.2, 0) is 17.5 Å². The number of fused-ring (bicyclic) bond motifs is 1. The quantitative estimate of drug-likeness (QED) is 0.661. The molecule has 0 saturated heterocycles. The lowest BCUT2D eigenvalue weighted by Gasteiger charge is -2.12. The third-order valence-electron chi connectivity index (χ3n) is 3.80. The Morgan fingerprint density at radius 3 is 2.42 bits per heavy atom. The van der Waals surface area contributed by atoms with Crippen LogP contribution in [0.5, 0.6) is 0 Å². The van der Waals surface area contributed by atoms with Gasteiger partial charge in [-0.2, -0.15) is 13.2 Å². The molecule has 0 bridgehead atoms. The summed E-state index contributed by atoms with van der Waals surface area (Å²) in [6.45, 7) is 0.224. The van der Waals surface area contributed by atoms with E-state index in [0.717, 1.165) is 11.6 Å². The van der Waals surface area contributed by atoms with Gasteiger partial charge in [0.2, 0.25) is 0 Å². The van der Waals surface area contributed by atoms with Gasteiger partial charge in [-0.3, -0.25) is 0 Å². The average Bonchev–Trinajstić information content (AvgIpc) is 2.93. The van der Waals surface area contributed by atoms with Crippen LogP contribution in [-0.4, -0.2) is 17.6 Å². The number of halogens is 3. The van der Waals surface area contributed by atoms with Crippen LogP contribution in [0.25, 0.3) is 10.9 Å². The number of carbonyl (C=O) groups is 1. The fourth-order valence-electron chi connectivity index (χ4n) is 2.77. The lowest BCUT2D eigenvalue weighted by Crippen LogP contribution is -2.09. The second kappa shape index (κ2) is 6.03. The van der Waals surface area contributed by atoms with Crippen molar-refractivity contribution in [1.29, 1.82) is 0 Å². The summed E-state index contributed by atoms with van der Waals surface area (Å²) in [5, 5.41) is 0.229. The van der Waals surface area contributed by atoms with Crippen LogP contribution < -0.4 is 0 Å². The van der Waals surface area contributed by atoms with Gasteiger partial charge in [0.25, 0.3) is 0 Å². The number of ether oxygens (including phenoxy) is 1. The molecule has 24 heavy (non-hydrogen) atoms. The van der Waals surface area contributed by atoms with Crippen molar-refractivity contribution in [3.63, 3.8) is 0 Å². The van der Waals surface area contributed by atoms with Crippen LogP contribution in [0, 0.1) is 0 Å². The third kappa shape index (κ3) is 2.87. The molecule has 0 aliphatic carbocycles. The molecule has 0 unspecified atom stereocenters. The maximum atomic E-state index is 13.4. The first kappa shape index (κ1) is 16.1. The number of hydrogen-bond donors (Lipinski definition) is 0. The predicted molar refractivity (Wildman–Crippen MR) is 83.8 cm³/mol. The first-order valence-electron chi connectivity index (χ1n) is 7.23. The molecule has 0 fully saturated rings. The molecule has 0 amide bonds. The van der Waals surface area contributed by atoms with E-state index in [1.165, 1.54) is 30.0 Å². The molecule has 0 aliphatic heterocycles. The Morgan fingerprint density at radius 1 is 1.08 bits per heavy atom. The van der Waals surface area contributed by atoms with Gasteiger partial charge in [-0.1, -0.05) is 42.5 Å². The number of nitrogens with zero attached hydrogens (tertiary/aromatic N) is 1. The van der Waals surface area contributed by atoms with E-state index in [4.69, 9.17) is 4.74 Å². The van der Waals surface area contributed by atoms with Crippen molar-refractivity contribution in [3.05, 3.63) is 71.4 Å². The Hall–Kier alpha value is -2.76. The molecule has 0 aliphatic rings. The van der Waals surface area contributed by atoms with Gasteiger partial charge in [0, 0.05) is 18.1 Å². The molecule has 0 N–H and O–H groups in total. The van der Waals surface area contributed by atoms with E-state index in [1.807, 2.05) is 30.3 Å². The summed E-state index contributed by atoms with van der Waals surface area (Å²) < 4.78 is 46.3. The second-order valence-corrected chi connectivity index (χ2v) is 5.35. The van der Waals surface area contributed by atoms with Gasteiger partial charge >= 0.3 is 12.1 Å². The van der Waals surface area contributed by atoms with E-state index in [2.05, 4.69) is 0 Å². The van der Waals surface area contributed by atoms with Crippen LogP contribution in [0.2, 0.25) is 0 Å². The highest BCUT2D eigenvalue weighted by Crippen LogP contribution is 2.37. The van der Waals surface area contributed by atoms with E-state index < -0.39 is 17.7 Å². The number of methoxy groups -OCH3 is 1. The lowest BCUT2D eigenvalue weighted by atomic mass is 10.1. The van der Waals surface area contributed by atoms with Gasteiger partial charge in [0.05, 0.1) is 23.8 Å². The summed E-state index contributed by atoms with van der Waals surface area (Å²) in [6, 6.07) is 12.9. The fourth-order valence-corrected chi connectivity index (χ4v) is 2.77. The average molecular weight is 333 g/mol. The van der Waals surface area contributed by atoms with Gasteiger partial charge in [0.15, 0.2) is 0 Å². The molecule has 6 heteroatoms. The zero-order chi connectivity index (χ0) is 17.3. The summed E-state index contributed by atoms with van der Waals surface area (Å²) in [7, 11) is 1.20. The molecular formula is C18H14F3NO2. The molecule has 0 radical (unpaired) electrons. The highest BCUT2D eigenvalue weighted by Gasteiger charge is 2.34. The molecule has 3 nitrogen and oxygen atoms in total. The number of alkyl halides is 3. The molecule has 0 spiro atoms. The van der Waals surface area contributed by atoms with E-state index in [-0.39, 0.29) is 23.0 Å². The van der Waals surface area contributed by atoms with Gasteiger partial charge in [-0.25, -0.2) is 4.79 Å². The Bertz CT molecular complexity index is 882. The standard InChI is InChI=1S/C18H14F3NO2/c1-24-17(23)14-11-22(10-12-6-3-2-4-7-12)16-13(14)8-5-9-15(16)18(19,20)21/h2-9,11H,10H2,1H3. The smallest absolute Gasteiger partial charge is 0.418 e.